The number of fused-ring (bicyclic) bond motifs is 4. The first-order chi connectivity index (χ1) is 16.1. The number of morpholine rings is 1. The lowest BCUT2D eigenvalue weighted by Gasteiger charge is -2.43. The van der Waals surface area contributed by atoms with Crippen LogP contribution < -0.4 is 15.5 Å². The van der Waals surface area contributed by atoms with Gasteiger partial charge in [-0.2, -0.15) is 4.98 Å². The molecule has 1 aliphatic carbocycles. The maximum absolute atomic E-state index is 12.5. The molecule has 3 aromatic rings. The van der Waals surface area contributed by atoms with Crippen molar-refractivity contribution in [1.29, 1.82) is 0 Å². The van der Waals surface area contributed by atoms with Crippen LogP contribution in [0.1, 0.15) is 39.8 Å². The molecule has 2 unspecified atom stereocenters. The third-order valence-corrected chi connectivity index (χ3v) is 7.33. The Morgan fingerprint density at radius 2 is 2.09 bits per heavy atom. The van der Waals surface area contributed by atoms with Crippen LogP contribution in [-0.4, -0.2) is 53.2 Å². The lowest BCUT2D eigenvalue weighted by atomic mass is 9.97. The Bertz CT molecular complexity index is 1240. The highest BCUT2D eigenvalue weighted by Gasteiger charge is 2.43. The molecule has 10 nitrogen and oxygen atoms in total. The number of nitrogens with zero attached hydrogens (tertiary/aromatic N) is 4. The molecule has 0 radical (unpaired) electrons. The number of nitrogens with one attached hydrogen (secondary N) is 2. The molecule has 2 atom stereocenters. The van der Waals surface area contributed by atoms with Crippen LogP contribution in [0.25, 0.3) is 11.4 Å². The number of rotatable bonds is 5. The van der Waals surface area contributed by atoms with Crippen molar-refractivity contribution < 1.29 is 18.8 Å². The fraction of sp³-hybridized carbons (Fsp3) is 0.409. The summed E-state index contributed by atoms with van der Waals surface area (Å²) in [5, 5.41) is 10.1. The van der Waals surface area contributed by atoms with Crippen molar-refractivity contribution in [3.63, 3.8) is 0 Å². The van der Waals surface area contributed by atoms with Crippen molar-refractivity contribution in [3.05, 3.63) is 40.4 Å². The predicted molar refractivity (Wildman–Crippen MR) is 121 cm³/mol. The molecule has 6 rings (SSSR count). The molecule has 2 bridgehead atoms. The third kappa shape index (κ3) is 3.66. The van der Waals surface area contributed by atoms with Crippen molar-refractivity contribution in [2.24, 2.45) is 5.92 Å². The van der Waals surface area contributed by atoms with E-state index in [2.05, 4.69) is 30.7 Å². The monoisotopic (exact) mass is 466 g/mol. The van der Waals surface area contributed by atoms with Gasteiger partial charge in [0.15, 0.2) is 10.9 Å². The van der Waals surface area contributed by atoms with Gasteiger partial charge < -0.3 is 19.5 Å². The van der Waals surface area contributed by atoms with Crippen LogP contribution >= 0.6 is 11.3 Å². The van der Waals surface area contributed by atoms with Crippen LogP contribution in [0.4, 0.5) is 15.9 Å². The molecular formula is C22H22N6O4S. The quantitative estimate of drug-likeness (QED) is 0.550. The van der Waals surface area contributed by atoms with Gasteiger partial charge in [-0.15, -0.1) is 0 Å². The number of benzene rings is 1. The predicted octanol–water partition coefficient (Wildman–Crippen LogP) is 3.04. The van der Waals surface area contributed by atoms with Crippen LogP contribution in [-0.2, 0) is 11.2 Å². The molecule has 1 saturated heterocycles. The van der Waals surface area contributed by atoms with Crippen molar-refractivity contribution in [1.82, 2.24) is 20.4 Å². The van der Waals surface area contributed by atoms with Gasteiger partial charge in [-0.1, -0.05) is 34.7 Å². The highest BCUT2D eigenvalue weighted by atomic mass is 32.1. The number of hydrogen-bond donors (Lipinski definition) is 2. The molecule has 11 heteroatoms. The van der Waals surface area contributed by atoms with E-state index >= 15 is 0 Å². The van der Waals surface area contributed by atoms with E-state index in [0.29, 0.717) is 42.2 Å². The Balaban J connectivity index is 1.29. The standard InChI is InChI=1S/C22H22N6O4S/c1-23-20(30)26-21-24-15-8-14-9-31-10-16(18(15)33-21)28(14)22-25-19(27-32-22)13-4-2-3-12(7-13)17(29)11-5-6-11/h2-4,7,11,14,16H,5-6,8-10H2,1H3,(H2,23,24,26,30). The zero-order valence-electron chi connectivity index (χ0n) is 17.9. The normalized spacial score (nSPS) is 21.4. The summed E-state index contributed by atoms with van der Waals surface area (Å²) in [6.45, 7) is 0.989. The Morgan fingerprint density at radius 3 is 2.91 bits per heavy atom. The van der Waals surface area contributed by atoms with Crippen LogP contribution in [0, 0.1) is 5.92 Å². The first kappa shape index (κ1) is 20.3. The van der Waals surface area contributed by atoms with Crippen molar-refractivity contribution >= 4 is 34.3 Å². The molecule has 2 aliphatic heterocycles. The van der Waals surface area contributed by atoms with Gasteiger partial charge >= 0.3 is 12.0 Å². The lowest BCUT2D eigenvalue weighted by Crippen LogP contribution is -2.51. The summed E-state index contributed by atoms with van der Waals surface area (Å²) >= 11 is 1.43. The van der Waals surface area contributed by atoms with E-state index in [0.717, 1.165) is 29.0 Å². The van der Waals surface area contributed by atoms with Gasteiger partial charge in [-0.3, -0.25) is 10.1 Å². The number of ketones is 1. The van der Waals surface area contributed by atoms with Crippen LogP contribution in [0.5, 0.6) is 0 Å². The van der Waals surface area contributed by atoms with Gasteiger partial charge in [0.05, 0.1) is 35.9 Å². The number of Topliss-reactive ketones (excluding diaryl/α,β-unsaturated/α-hetero) is 1. The van der Waals surface area contributed by atoms with E-state index in [-0.39, 0.29) is 29.8 Å². The fourth-order valence-corrected chi connectivity index (χ4v) is 5.49. The Hall–Kier alpha value is -3.31. The first-order valence-corrected chi connectivity index (χ1v) is 11.7. The van der Waals surface area contributed by atoms with Gasteiger partial charge in [-0.05, 0) is 18.9 Å². The number of carbonyl (C=O) groups excluding carboxylic acids is 2. The summed E-state index contributed by atoms with van der Waals surface area (Å²) in [6.07, 6.45) is 2.59. The second kappa shape index (κ2) is 7.92. The Labute approximate surface area is 193 Å². The van der Waals surface area contributed by atoms with Gasteiger partial charge in [-0.25, -0.2) is 9.78 Å². The minimum absolute atomic E-state index is 0.00211. The number of ether oxygens (including phenoxy) is 1. The Kier molecular flexibility index (Phi) is 4.88. The zero-order chi connectivity index (χ0) is 22.5. The van der Waals surface area contributed by atoms with Crippen LogP contribution in [0.15, 0.2) is 28.8 Å². The molecule has 33 heavy (non-hydrogen) atoms. The molecule has 2 amide bonds. The number of carbonyl (C=O) groups is 2. The highest BCUT2D eigenvalue weighted by Crippen LogP contribution is 2.43. The van der Waals surface area contributed by atoms with E-state index in [1.54, 1.807) is 7.05 Å². The molecule has 2 aromatic heterocycles. The second-order valence-electron chi connectivity index (χ2n) is 8.47. The van der Waals surface area contributed by atoms with E-state index in [9.17, 15) is 9.59 Å². The SMILES string of the molecule is CNC(=O)Nc1nc2c(s1)C1COCC(C2)N1c1nc(-c2cccc(C(=O)C3CC3)c2)no1. The van der Waals surface area contributed by atoms with E-state index < -0.39 is 0 Å². The highest BCUT2D eigenvalue weighted by molar-refractivity contribution is 7.16. The molecule has 0 spiro atoms. The summed E-state index contributed by atoms with van der Waals surface area (Å²) in [7, 11) is 1.57. The molecule has 1 saturated carbocycles. The van der Waals surface area contributed by atoms with Crippen LogP contribution in [0.3, 0.4) is 0 Å². The average Bonchev–Trinajstić information content (AvgIpc) is 3.43. The number of aromatic nitrogens is 3. The number of urea groups is 1. The minimum Gasteiger partial charge on any atom is -0.377 e. The van der Waals surface area contributed by atoms with Crippen molar-refractivity contribution in [2.75, 3.05) is 30.5 Å². The summed E-state index contributed by atoms with van der Waals surface area (Å²) in [5.74, 6) is 0.791. The second-order valence-corrected chi connectivity index (χ2v) is 9.50. The zero-order valence-corrected chi connectivity index (χ0v) is 18.7. The molecule has 170 valence electrons. The Morgan fingerprint density at radius 1 is 1.21 bits per heavy atom. The van der Waals surface area contributed by atoms with E-state index in [4.69, 9.17) is 9.26 Å². The largest absolute Gasteiger partial charge is 0.377 e. The van der Waals surface area contributed by atoms with Crippen molar-refractivity contribution in [3.8, 4) is 11.4 Å². The average molecular weight is 467 g/mol. The molecule has 2 N–H and O–H groups in total. The maximum atomic E-state index is 12.5. The smallest absolute Gasteiger partial charge is 0.325 e. The summed E-state index contributed by atoms with van der Waals surface area (Å²) in [4.78, 5) is 36.6. The number of thiazole rings is 1. The maximum Gasteiger partial charge on any atom is 0.325 e. The molecule has 1 aromatic carbocycles. The third-order valence-electron chi connectivity index (χ3n) is 6.21. The van der Waals surface area contributed by atoms with E-state index in [1.807, 2.05) is 24.3 Å². The molecule has 4 heterocycles. The summed E-state index contributed by atoms with van der Waals surface area (Å²) < 4.78 is 11.5. The minimum atomic E-state index is -0.305. The van der Waals surface area contributed by atoms with E-state index in [1.165, 1.54) is 11.3 Å². The lowest BCUT2D eigenvalue weighted by molar-refractivity contribution is 0.0570. The molecular weight excluding hydrogens is 444 g/mol. The van der Waals surface area contributed by atoms with Gasteiger partial charge in [0.1, 0.15) is 0 Å². The van der Waals surface area contributed by atoms with Gasteiger partial charge in [0.25, 0.3) is 0 Å². The topological polar surface area (TPSA) is 122 Å². The first-order valence-electron chi connectivity index (χ1n) is 10.9. The van der Waals surface area contributed by atoms with Gasteiger partial charge in [0.2, 0.25) is 5.82 Å². The van der Waals surface area contributed by atoms with Crippen molar-refractivity contribution in [2.45, 2.75) is 31.3 Å². The number of anilines is 2. The molecule has 2 fully saturated rings. The number of amides is 2. The fourth-order valence-electron chi connectivity index (χ4n) is 4.42. The summed E-state index contributed by atoms with van der Waals surface area (Å²) in [6, 6.07) is 7.42. The molecule has 3 aliphatic rings. The van der Waals surface area contributed by atoms with Crippen LogP contribution in [0.2, 0.25) is 0 Å². The summed E-state index contributed by atoms with van der Waals surface area (Å²) in [5.41, 5.74) is 2.41. The number of hydrogen-bond acceptors (Lipinski definition) is 9. The van der Waals surface area contributed by atoms with Gasteiger partial charge in [0, 0.05) is 30.5 Å².